The minimum atomic E-state index is -4.56. The standard InChI is InChI=1S/C14H6ClF4NO/c15-11-6-10(16)2-4-13(11)21-12-3-1-9(14(17,18)19)5-8(12)7-20/h1-6H. The van der Waals surface area contributed by atoms with E-state index >= 15 is 0 Å². The van der Waals surface area contributed by atoms with Crippen LogP contribution in [0.15, 0.2) is 36.4 Å². The van der Waals surface area contributed by atoms with Gasteiger partial charge < -0.3 is 4.74 Å². The Kier molecular flexibility index (Phi) is 4.05. The fraction of sp³-hybridized carbons (Fsp3) is 0.0714. The van der Waals surface area contributed by atoms with Gasteiger partial charge in [-0.2, -0.15) is 18.4 Å². The van der Waals surface area contributed by atoms with Crippen LogP contribution < -0.4 is 4.74 Å². The third-order valence-corrected chi connectivity index (χ3v) is 2.84. The Morgan fingerprint density at radius 2 is 1.71 bits per heavy atom. The summed E-state index contributed by atoms with van der Waals surface area (Å²) >= 11 is 5.75. The maximum absolute atomic E-state index is 12.9. The minimum Gasteiger partial charge on any atom is -0.454 e. The van der Waals surface area contributed by atoms with Gasteiger partial charge in [0.1, 0.15) is 23.4 Å². The molecule has 0 aromatic heterocycles. The predicted molar refractivity (Wildman–Crippen MR) is 67.6 cm³/mol. The second-order valence-corrected chi connectivity index (χ2v) is 4.40. The van der Waals surface area contributed by atoms with Gasteiger partial charge in [-0.05, 0) is 36.4 Å². The summed E-state index contributed by atoms with van der Waals surface area (Å²) in [6.07, 6.45) is -4.56. The van der Waals surface area contributed by atoms with Crippen LogP contribution >= 0.6 is 11.6 Å². The third kappa shape index (κ3) is 3.44. The average Bonchev–Trinajstić information content (AvgIpc) is 2.41. The van der Waals surface area contributed by atoms with Crippen molar-refractivity contribution >= 4 is 11.6 Å². The Labute approximate surface area is 122 Å². The van der Waals surface area contributed by atoms with Crippen LogP contribution in [0.25, 0.3) is 0 Å². The van der Waals surface area contributed by atoms with Crippen molar-refractivity contribution in [1.82, 2.24) is 0 Å². The molecule has 21 heavy (non-hydrogen) atoms. The van der Waals surface area contributed by atoms with Gasteiger partial charge in [-0.25, -0.2) is 4.39 Å². The molecule has 0 saturated heterocycles. The molecular formula is C14H6ClF4NO. The van der Waals surface area contributed by atoms with E-state index in [-0.39, 0.29) is 22.1 Å². The molecule has 0 fully saturated rings. The van der Waals surface area contributed by atoms with Gasteiger partial charge in [0.25, 0.3) is 0 Å². The van der Waals surface area contributed by atoms with Gasteiger partial charge in [0.05, 0.1) is 16.1 Å². The predicted octanol–water partition coefficient (Wildman–Crippen LogP) is 5.16. The summed E-state index contributed by atoms with van der Waals surface area (Å²) in [7, 11) is 0. The van der Waals surface area contributed by atoms with E-state index in [2.05, 4.69) is 0 Å². The van der Waals surface area contributed by atoms with Crippen molar-refractivity contribution < 1.29 is 22.3 Å². The molecule has 0 bridgehead atoms. The highest BCUT2D eigenvalue weighted by Crippen LogP contribution is 2.35. The lowest BCUT2D eigenvalue weighted by Gasteiger charge is -2.11. The van der Waals surface area contributed by atoms with Crippen molar-refractivity contribution in [2.24, 2.45) is 0 Å². The third-order valence-electron chi connectivity index (χ3n) is 2.54. The number of hydrogen-bond acceptors (Lipinski definition) is 2. The van der Waals surface area contributed by atoms with Crippen molar-refractivity contribution in [2.75, 3.05) is 0 Å². The number of alkyl halides is 3. The first kappa shape index (κ1) is 15.1. The number of halogens is 5. The number of benzene rings is 2. The smallest absolute Gasteiger partial charge is 0.416 e. The molecule has 7 heteroatoms. The van der Waals surface area contributed by atoms with Crippen LogP contribution in [0.5, 0.6) is 11.5 Å². The van der Waals surface area contributed by atoms with Crippen molar-refractivity contribution in [3.8, 4) is 17.6 Å². The van der Waals surface area contributed by atoms with Crippen LogP contribution in [-0.2, 0) is 6.18 Å². The normalized spacial score (nSPS) is 11.0. The zero-order chi connectivity index (χ0) is 15.6. The Bertz CT molecular complexity index is 722. The lowest BCUT2D eigenvalue weighted by atomic mass is 10.1. The van der Waals surface area contributed by atoms with Gasteiger partial charge in [0, 0.05) is 0 Å². The molecule has 2 aromatic carbocycles. The molecule has 0 amide bonds. The molecule has 0 unspecified atom stereocenters. The maximum atomic E-state index is 12.9. The molecule has 0 aliphatic rings. The number of nitriles is 1. The van der Waals surface area contributed by atoms with Crippen LogP contribution in [0, 0.1) is 17.1 Å². The molecule has 0 atom stereocenters. The van der Waals surface area contributed by atoms with E-state index in [0.29, 0.717) is 6.07 Å². The van der Waals surface area contributed by atoms with Gasteiger partial charge in [0.15, 0.2) is 0 Å². The van der Waals surface area contributed by atoms with Crippen LogP contribution in [-0.4, -0.2) is 0 Å². The van der Waals surface area contributed by atoms with Gasteiger partial charge >= 0.3 is 6.18 Å². The maximum Gasteiger partial charge on any atom is 0.416 e. The number of rotatable bonds is 2. The molecule has 2 aromatic rings. The molecular weight excluding hydrogens is 310 g/mol. The zero-order valence-electron chi connectivity index (χ0n) is 10.2. The summed E-state index contributed by atoms with van der Waals surface area (Å²) in [5.74, 6) is -0.645. The summed E-state index contributed by atoms with van der Waals surface area (Å²) in [6, 6.07) is 7.38. The highest BCUT2D eigenvalue weighted by molar-refractivity contribution is 6.32. The molecule has 0 N–H and O–H groups in total. The lowest BCUT2D eigenvalue weighted by molar-refractivity contribution is -0.137. The highest BCUT2D eigenvalue weighted by atomic mass is 35.5. The Hall–Kier alpha value is -2.26. The van der Waals surface area contributed by atoms with Crippen LogP contribution in [0.2, 0.25) is 5.02 Å². The van der Waals surface area contributed by atoms with Crippen molar-refractivity contribution in [3.63, 3.8) is 0 Å². The Morgan fingerprint density at radius 1 is 1.05 bits per heavy atom. The van der Waals surface area contributed by atoms with E-state index in [0.717, 1.165) is 24.3 Å². The molecule has 0 aliphatic carbocycles. The molecule has 0 saturated carbocycles. The quantitative estimate of drug-likeness (QED) is 0.717. The number of ether oxygens (including phenoxy) is 1. The second kappa shape index (κ2) is 5.62. The SMILES string of the molecule is N#Cc1cc(C(F)(F)F)ccc1Oc1ccc(F)cc1Cl. The number of nitrogens with zero attached hydrogens (tertiary/aromatic N) is 1. The zero-order valence-corrected chi connectivity index (χ0v) is 11.0. The van der Waals surface area contributed by atoms with Crippen LogP contribution in [0.3, 0.4) is 0 Å². The van der Waals surface area contributed by atoms with E-state index < -0.39 is 17.6 Å². The molecule has 2 nitrogen and oxygen atoms in total. The van der Waals surface area contributed by atoms with E-state index in [9.17, 15) is 17.6 Å². The van der Waals surface area contributed by atoms with Gasteiger partial charge in [0.2, 0.25) is 0 Å². The second-order valence-electron chi connectivity index (χ2n) is 4.00. The largest absolute Gasteiger partial charge is 0.454 e. The van der Waals surface area contributed by atoms with Crippen molar-refractivity contribution in [1.29, 1.82) is 5.26 Å². The average molecular weight is 316 g/mol. The summed E-state index contributed by atoms with van der Waals surface area (Å²) in [4.78, 5) is 0. The highest BCUT2D eigenvalue weighted by Gasteiger charge is 2.31. The fourth-order valence-corrected chi connectivity index (χ4v) is 1.76. The number of hydrogen-bond donors (Lipinski definition) is 0. The molecule has 108 valence electrons. The topological polar surface area (TPSA) is 33.0 Å². The van der Waals surface area contributed by atoms with Gasteiger partial charge in [-0.3, -0.25) is 0 Å². The summed E-state index contributed by atoms with van der Waals surface area (Å²) in [5.41, 5.74) is -1.26. The molecule has 0 heterocycles. The van der Waals surface area contributed by atoms with E-state index in [4.69, 9.17) is 21.6 Å². The minimum absolute atomic E-state index is 0.0364. The Balaban J connectivity index is 2.39. The summed E-state index contributed by atoms with van der Waals surface area (Å²) in [5, 5.41) is 8.85. The van der Waals surface area contributed by atoms with E-state index in [1.54, 1.807) is 6.07 Å². The summed E-state index contributed by atoms with van der Waals surface area (Å²) in [6.45, 7) is 0. The van der Waals surface area contributed by atoms with Gasteiger partial charge in [-0.1, -0.05) is 11.6 Å². The molecule has 2 rings (SSSR count). The first-order valence-corrected chi connectivity index (χ1v) is 5.93. The first-order chi connectivity index (χ1) is 9.81. The molecule has 0 spiro atoms. The first-order valence-electron chi connectivity index (χ1n) is 5.55. The van der Waals surface area contributed by atoms with Crippen molar-refractivity contribution in [3.05, 3.63) is 58.4 Å². The van der Waals surface area contributed by atoms with E-state index in [1.807, 2.05) is 0 Å². The monoisotopic (exact) mass is 315 g/mol. The van der Waals surface area contributed by atoms with Crippen LogP contribution in [0.1, 0.15) is 11.1 Å². The Morgan fingerprint density at radius 3 is 2.29 bits per heavy atom. The van der Waals surface area contributed by atoms with Crippen LogP contribution in [0.4, 0.5) is 17.6 Å². The fourth-order valence-electron chi connectivity index (χ4n) is 1.56. The molecule has 0 aliphatic heterocycles. The summed E-state index contributed by atoms with van der Waals surface area (Å²) < 4.78 is 55.8. The van der Waals surface area contributed by atoms with Crippen molar-refractivity contribution in [2.45, 2.75) is 6.18 Å². The van der Waals surface area contributed by atoms with Gasteiger partial charge in [-0.15, -0.1) is 0 Å². The lowest BCUT2D eigenvalue weighted by Crippen LogP contribution is -2.05. The molecule has 0 radical (unpaired) electrons. The van der Waals surface area contributed by atoms with E-state index in [1.165, 1.54) is 6.07 Å².